The zero-order valence-corrected chi connectivity index (χ0v) is 13.5. The molecule has 0 aromatic carbocycles. The van der Waals surface area contributed by atoms with Crippen molar-refractivity contribution in [3.8, 4) is 17.5 Å². The highest BCUT2D eigenvalue weighted by atomic mass is 16.5. The second-order valence-corrected chi connectivity index (χ2v) is 6.04. The van der Waals surface area contributed by atoms with Crippen LogP contribution < -0.4 is 11.3 Å². The maximum Gasteiger partial charge on any atom is 0.278 e. The number of aromatic hydroxyl groups is 1. The van der Waals surface area contributed by atoms with Crippen LogP contribution >= 0.6 is 0 Å². The number of carbonyl (C=O) groups is 1. The normalized spacial score (nSPS) is 18.0. The summed E-state index contributed by atoms with van der Waals surface area (Å²) in [4.78, 5) is 30.4. The highest BCUT2D eigenvalue weighted by molar-refractivity contribution is 5.86. The first-order valence-electron chi connectivity index (χ1n) is 8.13. The molecular formula is C16H20N4O4. The molecule has 0 aliphatic heterocycles. The van der Waals surface area contributed by atoms with Crippen LogP contribution in [0.2, 0.25) is 0 Å². The maximum absolute atomic E-state index is 12.2. The minimum Gasteiger partial charge on any atom is -0.492 e. The molecule has 2 aromatic heterocycles. The Hall–Kier alpha value is -2.64. The quantitative estimate of drug-likeness (QED) is 0.778. The number of H-pyrrole nitrogens is 1. The molecule has 1 aliphatic rings. The average molecular weight is 332 g/mol. The van der Waals surface area contributed by atoms with E-state index in [4.69, 9.17) is 10.3 Å². The number of anilines is 1. The van der Waals surface area contributed by atoms with E-state index in [9.17, 15) is 14.7 Å². The molecule has 3 rings (SSSR count). The third kappa shape index (κ3) is 2.79. The first kappa shape index (κ1) is 16.2. The molecule has 0 bridgehead atoms. The molecule has 128 valence electrons. The van der Waals surface area contributed by atoms with Gasteiger partial charge in [-0.1, -0.05) is 24.9 Å². The van der Waals surface area contributed by atoms with Crippen LogP contribution in [0, 0.1) is 0 Å². The van der Waals surface area contributed by atoms with E-state index in [1.54, 1.807) is 0 Å². The predicted molar refractivity (Wildman–Crippen MR) is 86.6 cm³/mol. The van der Waals surface area contributed by atoms with Crippen molar-refractivity contribution in [3.63, 3.8) is 0 Å². The van der Waals surface area contributed by atoms with Gasteiger partial charge in [0.15, 0.2) is 11.5 Å². The summed E-state index contributed by atoms with van der Waals surface area (Å²) in [5, 5.41) is 13.8. The van der Waals surface area contributed by atoms with Crippen LogP contribution in [0.1, 0.15) is 56.2 Å². The summed E-state index contributed by atoms with van der Waals surface area (Å²) in [7, 11) is 0. The Labute approximate surface area is 138 Å². The number of nitrogens with zero attached hydrogens (tertiary/aromatic N) is 2. The van der Waals surface area contributed by atoms with Crippen LogP contribution in [0.3, 0.4) is 0 Å². The molecule has 1 saturated carbocycles. The molecule has 4 N–H and O–H groups in total. The zero-order valence-electron chi connectivity index (χ0n) is 13.5. The standard InChI is InChI=1S/C16H20N4O4/c1-2-5-9-12(8-6-3-4-7-10(8)21)20-24-13(9)14-18-15(22)11(17)16(23)19-14/h8H,2-7,17H2,1H3,(H2,18,19,22,23)/t8-/m0/s1. The van der Waals surface area contributed by atoms with E-state index in [0.717, 1.165) is 31.2 Å². The molecule has 0 radical (unpaired) electrons. The SMILES string of the molecule is CCCc1c([C@H]2CCCCC2=O)noc1-c1nc(O)c(N)c(=O)[nH]1. The van der Waals surface area contributed by atoms with Crippen LogP contribution in [-0.2, 0) is 11.2 Å². The lowest BCUT2D eigenvalue weighted by Gasteiger charge is -2.19. The zero-order chi connectivity index (χ0) is 17.3. The van der Waals surface area contributed by atoms with Crippen LogP contribution in [0.25, 0.3) is 11.6 Å². The monoisotopic (exact) mass is 332 g/mol. The number of aromatic nitrogens is 3. The van der Waals surface area contributed by atoms with Gasteiger partial charge in [-0.2, -0.15) is 4.98 Å². The lowest BCUT2D eigenvalue weighted by molar-refractivity contribution is -0.122. The van der Waals surface area contributed by atoms with Crippen molar-refractivity contribution < 1.29 is 14.4 Å². The third-order valence-corrected chi connectivity index (χ3v) is 4.35. The molecule has 2 aromatic rings. The van der Waals surface area contributed by atoms with E-state index in [2.05, 4.69) is 15.1 Å². The fraction of sp³-hybridized carbons (Fsp3) is 0.500. The summed E-state index contributed by atoms with van der Waals surface area (Å²) < 4.78 is 5.40. The number of aromatic amines is 1. The predicted octanol–water partition coefficient (Wildman–Crippen LogP) is 1.89. The minimum absolute atomic E-state index is 0.0668. The molecule has 24 heavy (non-hydrogen) atoms. The Morgan fingerprint density at radius 1 is 1.38 bits per heavy atom. The Balaban J connectivity index is 2.09. The Morgan fingerprint density at radius 3 is 2.83 bits per heavy atom. The van der Waals surface area contributed by atoms with Gasteiger partial charge in [0.25, 0.3) is 5.56 Å². The highest BCUT2D eigenvalue weighted by Crippen LogP contribution is 2.35. The largest absolute Gasteiger partial charge is 0.492 e. The van der Waals surface area contributed by atoms with Crippen molar-refractivity contribution in [2.24, 2.45) is 0 Å². The van der Waals surface area contributed by atoms with Gasteiger partial charge in [0.05, 0.1) is 11.6 Å². The van der Waals surface area contributed by atoms with Crippen LogP contribution in [0.15, 0.2) is 9.32 Å². The maximum atomic E-state index is 12.2. The summed E-state index contributed by atoms with van der Waals surface area (Å²) >= 11 is 0. The molecule has 0 spiro atoms. The Kier molecular flexibility index (Phi) is 4.37. The van der Waals surface area contributed by atoms with E-state index in [1.807, 2.05) is 6.92 Å². The van der Waals surface area contributed by atoms with Crippen molar-refractivity contribution >= 4 is 11.5 Å². The molecule has 0 amide bonds. The minimum atomic E-state index is -0.647. The fourth-order valence-electron chi connectivity index (χ4n) is 3.12. The number of hydrogen-bond acceptors (Lipinski definition) is 7. The van der Waals surface area contributed by atoms with Crippen molar-refractivity contribution in [3.05, 3.63) is 21.6 Å². The number of ketones is 1. The van der Waals surface area contributed by atoms with Crippen molar-refractivity contribution in [2.75, 3.05) is 5.73 Å². The lowest BCUT2D eigenvalue weighted by atomic mass is 9.83. The molecule has 0 unspecified atom stereocenters. The second kappa shape index (κ2) is 6.46. The summed E-state index contributed by atoms with van der Waals surface area (Å²) in [6.45, 7) is 2.00. The van der Waals surface area contributed by atoms with Crippen molar-refractivity contribution in [1.82, 2.24) is 15.1 Å². The highest BCUT2D eigenvalue weighted by Gasteiger charge is 2.31. The van der Waals surface area contributed by atoms with Crippen molar-refractivity contribution in [2.45, 2.75) is 51.4 Å². The summed E-state index contributed by atoms with van der Waals surface area (Å²) in [5.41, 5.74) is 5.80. The van der Waals surface area contributed by atoms with E-state index >= 15 is 0 Å². The van der Waals surface area contributed by atoms with Gasteiger partial charge in [-0.05, 0) is 19.3 Å². The summed E-state index contributed by atoms with van der Waals surface area (Å²) in [5.74, 6) is -0.315. The number of nitrogens with two attached hydrogens (primary N) is 1. The number of nitrogen functional groups attached to an aromatic ring is 1. The number of hydrogen-bond donors (Lipinski definition) is 3. The summed E-state index contributed by atoms with van der Waals surface area (Å²) in [6.07, 6.45) is 4.63. The molecule has 8 nitrogen and oxygen atoms in total. The number of nitrogens with one attached hydrogen (secondary N) is 1. The fourth-order valence-corrected chi connectivity index (χ4v) is 3.12. The van der Waals surface area contributed by atoms with E-state index in [0.29, 0.717) is 18.5 Å². The summed E-state index contributed by atoms with van der Waals surface area (Å²) in [6, 6.07) is 0. The first-order chi connectivity index (χ1) is 11.5. The van der Waals surface area contributed by atoms with E-state index in [1.165, 1.54) is 0 Å². The molecule has 0 saturated heterocycles. The smallest absolute Gasteiger partial charge is 0.278 e. The van der Waals surface area contributed by atoms with Gasteiger partial charge in [0.2, 0.25) is 11.6 Å². The van der Waals surface area contributed by atoms with Gasteiger partial charge < -0.3 is 20.3 Å². The lowest BCUT2D eigenvalue weighted by Crippen LogP contribution is -2.18. The van der Waals surface area contributed by atoms with E-state index in [-0.39, 0.29) is 29.0 Å². The topological polar surface area (TPSA) is 135 Å². The third-order valence-electron chi connectivity index (χ3n) is 4.35. The molecule has 2 heterocycles. The Bertz CT molecular complexity index is 824. The van der Waals surface area contributed by atoms with E-state index < -0.39 is 11.4 Å². The first-order valence-corrected chi connectivity index (χ1v) is 8.13. The van der Waals surface area contributed by atoms with Gasteiger partial charge in [-0.3, -0.25) is 9.59 Å². The van der Waals surface area contributed by atoms with Gasteiger partial charge in [0, 0.05) is 12.0 Å². The number of rotatable bonds is 4. The van der Waals surface area contributed by atoms with Crippen LogP contribution in [0.5, 0.6) is 5.88 Å². The number of carbonyl (C=O) groups excluding carboxylic acids is 1. The molecule has 8 heteroatoms. The number of Topliss-reactive ketones (excluding diaryl/α,β-unsaturated/α-hetero) is 1. The second-order valence-electron chi connectivity index (χ2n) is 6.04. The molecular weight excluding hydrogens is 312 g/mol. The molecule has 1 fully saturated rings. The van der Waals surface area contributed by atoms with Crippen molar-refractivity contribution in [1.29, 1.82) is 0 Å². The van der Waals surface area contributed by atoms with Crippen LogP contribution in [0.4, 0.5) is 5.69 Å². The van der Waals surface area contributed by atoms with Gasteiger partial charge in [-0.15, -0.1) is 0 Å². The molecule has 1 aliphatic carbocycles. The van der Waals surface area contributed by atoms with Gasteiger partial charge in [-0.25, -0.2) is 0 Å². The van der Waals surface area contributed by atoms with Crippen LogP contribution in [-0.4, -0.2) is 26.0 Å². The van der Waals surface area contributed by atoms with Gasteiger partial charge >= 0.3 is 0 Å². The Morgan fingerprint density at radius 2 is 2.17 bits per heavy atom. The average Bonchev–Trinajstić information content (AvgIpc) is 2.96. The van der Waals surface area contributed by atoms with Gasteiger partial charge in [0.1, 0.15) is 5.78 Å². The molecule has 1 atom stereocenters.